The van der Waals surface area contributed by atoms with E-state index in [9.17, 15) is 14.9 Å². The van der Waals surface area contributed by atoms with E-state index in [0.717, 1.165) is 28.2 Å². The number of carbonyl (C=O) groups is 2. The van der Waals surface area contributed by atoms with Gasteiger partial charge in [0, 0.05) is 0 Å². The maximum absolute atomic E-state index is 12.2. The molecule has 41 heavy (non-hydrogen) atoms. The minimum Gasteiger partial charge on any atom is -0.492 e. The molecule has 8 nitrogen and oxygen atoms in total. The number of fused-ring (bicyclic) bond motifs is 1. The van der Waals surface area contributed by atoms with Gasteiger partial charge in [0.25, 0.3) is 5.70 Å². The van der Waals surface area contributed by atoms with Crippen LogP contribution >= 0.6 is 23.5 Å². The first-order valence-electron chi connectivity index (χ1n) is 14.1. The number of nitriles is 1. The van der Waals surface area contributed by atoms with Gasteiger partial charge in [-0.25, -0.2) is 10.1 Å². The second-order valence-electron chi connectivity index (χ2n) is 11.1. The summed E-state index contributed by atoms with van der Waals surface area (Å²) in [5.41, 5.74) is -0.0320. The normalized spacial score (nSPS) is 14.0. The highest BCUT2D eigenvalue weighted by Gasteiger charge is 2.30. The Balaban J connectivity index is 2.01. The summed E-state index contributed by atoms with van der Waals surface area (Å²) in [5.74, 6) is 1.01. The summed E-state index contributed by atoms with van der Waals surface area (Å²) in [4.78, 5) is 29.3. The SMILES string of the molecule is [C-]#[N+]/C(C#N)=C1\Sc2c(OCCCCOC(=O)C(C)(C)CC)cc(C)c(OCCCCOC(=O)C(C)(C)CC)c2S1. The lowest BCUT2D eigenvalue weighted by atomic mass is 9.91. The van der Waals surface area contributed by atoms with Crippen molar-refractivity contribution in [2.45, 2.75) is 96.8 Å². The number of aryl methyl sites for hydroxylation is 1. The van der Waals surface area contributed by atoms with Crippen molar-refractivity contribution in [1.82, 2.24) is 0 Å². The zero-order valence-corrected chi connectivity index (χ0v) is 26.9. The van der Waals surface area contributed by atoms with Gasteiger partial charge < -0.3 is 18.9 Å². The van der Waals surface area contributed by atoms with Crippen molar-refractivity contribution in [1.29, 1.82) is 5.26 Å². The van der Waals surface area contributed by atoms with E-state index in [2.05, 4.69) is 4.85 Å². The van der Waals surface area contributed by atoms with Gasteiger partial charge in [-0.3, -0.25) is 9.59 Å². The second kappa shape index (κ2) is 16.0. The molecular weight excluding hydrogens is 560 g/mol. The van der Waals surface area contributed by atoms with Crippen LogP contribution in [0.3, 0.4) is 0 Å². The molecule has 1 aromatic carbocycles. The number of allylic oxidation sites excluding steroid dienone is 1. The van der Waals surface area contributed by atoms with Crippen molar-refractivity contribution in [3.63, 3.8) is 0 Å². The molecule has 0 N–H and O–H groups in total. The topological polar surface area (TPSA) is 99.2 Å². The third kappa shape index (κ3) is 9.61. The summed E-state index contributed by atoms with van der Waals surface area (Å²) in [5, 5.41) is 9.43. The largest absolute Gasteiger partial charge is 0.492 e. The van der Waals surface area contributed by atoms with Crippen LogP contribution in [0.5, 0.6) is 11.5 Å². The van der Waals surface area contributed by atoms with Gasteiger partial charge in [-0.15, -0.1) is 0 Å². The van der Waals surface area contributed by atoms with Gasteiger partial charge in [-0.05, 0) is 84.8 Å². The summed E-state index contributed by atoms with van der Waals surface area (Å²) in [6, 6.07) is 3.91. The highest BCUT2D eigenvalue weighted by atomic mass is 32.2. The van der Waals surface area contributed by atoms with Crippen LogP contribution < -0.4 is 9.47 Å². The minimum absolute atomic E-state index is 0.0411. The quantitative estimate of drug-likeness (QED) is 0.0804. The van der Waals surface area contributed by atoms with Crippen LogP contribution in [0.2, 0.25) is 0 Å². The first-order chi connectivity index (χ1) is 19.4. The lowest BCUT2D eigenvalue weighted by molar-refractivity contribution is -0.155. The molecule has 0 amide bonds. The Kier molecular flexibility index (Phi) is 13.4. The molecule has 0 saturated carbocycles. The van der Waals surface area contributed by atoms with Gasteiger partial charge in [-0.2, -0.15) is 0 Å². The van der Waals surface area contributed by atoms with Crippen molar-refractivity contribution < 1.29 is 28.5 Å². The van der Waals surface area contributed by atoms with Gasteiger partial charge in [0.1, 0.15) is 11.5 Å². The molecule has 0 aliphatic carbocycles. The van der Waals surface area contributed by atoms with Crippen LogP contribution in [0.25, 0.3) is 4.85 Å². The molecule has 1 aliphatic heterocycles. The number of unbranched alkanes of at least 4 members (excludes halogenated alkanes) is 2. The number of hydrogen-bond donors (Lipinski definition) is 0. The Morgan fingerprint density at radius 3 is 1.85 bits per heavy atom. The van der Waals surface area contributed by atoms with Crippen LogP contribution in [0.4, 0.5) is 0 Å². The number of hydrogen-bond acceptors (Lipinski definition) is 9. The molecule has 0 aromatic heterocycles. The number of benzene rings is 1. The summed E-state index contributed by atoms with van der Waals surface area (Å²) in [6.07, 6.45) is 4.22. The van der Waals surface area contributed by atoms with Crippen molar-refractivity contribution >= 4 is 35.5 Å². The van der Waals surface area contributed by atoms with Gasteiger partial charge in [0.05, 0.1) is 63.9 Å². The number of thioether (sulfide) groups is 2. The first kappa shape index (κ1) is 34.4. The molecule has 10 heteroatoms. The zero-order valence-electron chi connectivity index (χ0n) is 25.3. The molecule has 1 aliphatic rings. The maximum atomic E-state index is 12.2. The molecule has 1 aromatic rings. The van der Waals surface area contributed by atoms with Crippen LogP contribution in [0.1, 0.15) is 85.6 Å². The fraction of sp³-hybridized carbons (Fsp3) is 0.613. The Hall–Kier alpha value is -2.82. The van der Waals surface area contributed by atoms with Crippen LogP contribution in [0, 0.1) is 35.7 Å². The fourth-order valence-electron chi connectivity index (χ4n) is 3.39. The number of nitrogens with zero attached hydrogens (tertiary/aromatic N) is 2. The highest BCUT2D eigenvalue weighted by Crippen LogP contribution is 2.59. The van der Waals surface area contributed by atoms with Gasteiger partial charge in [0.2, 0.25) is 0 Å². The maximum Gasteiger partial charge on any atom is 0.311 e. The Morgan fingerprint density at radius 2 is 1.37 bits per heavy atom. The van der Waals surface area contributed by atoms with Crippen LogP contribution in [-0.2, 0) is 19.1 Å². The van der Waals surface area contributed by atoms with E-state index in [4.69, 9.17) is 25.5 Å². The standard InChI is InChI=1S/C31H42N2O6S2/c1-9-30(4,5)28(34)38-17-13-11-15-36-23-19-21(3)24(26-25(23)40-27(41-26)22(20-32)33-8)37-16-12-14-18-39-29(35)31(6,7)10-2/h19H,9-18H2,1-7H3/b27-22+. The number of esters is 2. The van der Waals surface area contributed by atoms with Crippen LogP contribution in [0.15, 0.2) is 25.8 Å². The molecular formula is C31H42N2O6S2. The van der Waals surface area contributed by atoms with E-state index in [1.165, 1.54) is 23.5 Å². The van der Waals surface area contributed by atoms with Gasteiger partial charge in [-0.1, -0.05) is 37.4 Å². The van der Waals surface area contributed by atoms with Crippen molar-refractivity contribution in [3.8, 4) is 17.6 Å². The molecule has 0 spiro atoms. The summed E-state index contributed by atoms with van der Waals surface area (Å²) >= 11 is 2.70. The molecule has 224 valence electrons. The zero-order chi connectivity index (χ0) is 30.6. The number of ether oxygens (including phenoxy) is 4. The molecule has 0 bridgehead atoms. The lowest BCUT2D eigenvalue weighted by Gasteiger charge is -2.20. The van der Waals surface area contributed by atoms with E-state index in [1.807, 2.05) is 60.6 Å². The summed E-state index contributed by atoms with van der Waals surface area (Å²) in [7, 11) is 0. The average Bonchev–Trinajstić information content (AvgIpc) is 3.39. The number of carbonyl (C=O) groups excluding carboxylic acids is 2. The van der Waals surface area contributed by atoms with E-state index < -0.39 is 10.8 Å². The van der Waals surface area contributed by atoms with E-state index in [0.29, 0.717) is 67.8 Å². The molecule has 1 heterocycles. The Bertz CT molecular complexity index is 1190. The first-order valence-corrected chi connectivity index (χ1v) is 15.7. The third-order valence-electron chi connectivity index (χ3n) is 7.06. The number of rotatable bonds is 16. The summed E-state index contributed by atoms with van der Waals surface area (Å²) in [6.45, 7) is 22.3. The van der Waals surface area contributed by atoms with Gasteiger partial charge in [0.15, 0.2) is 0 Å². The monoisotopic (exact) mass is 602 g/mol. The molecule has 0 radical (unpaired) electrons. The van der Waals surface area contributed by atoms with Gasteiger partial charge >= 0.3 is 11.9 Å². The van der Waals surface area contributed by atoms with Crippen LogP contribution in [-0.4, -0.2) is 38.4 Å². The smallest absolute Gasteiger partial charge is 0.311 e. The van der Waals surface area contributed by atoms with E-state index in [-0.39, 0.29) is 17.6 Å². The van der Waals surface area contributed by atoms with E-state index >= 15 is 0 Å². The fourth-order valence-corrected chi connectivity index (χ4v) is 5.96. The molecule has 0 unspecified atom stereocenters. The second-order valence-corrected chi connectivity index (χ2v) is 13.4. The Morgan fingerprint density at radius 1 is 0.878 bits per heavy atom. The minimum atomic E-state index is -0.482. The predicted octanol–water partition coefficient (Wildman–Crippen LogP) is 8.08. The Labute approximate surface area is 253 Å². The van der Waals surface area contributed by atoms with E-state index in [1.54, 1.807) is 0 Å². The molecule has 0 fully saturated rings. The highest BCUT2D eigenvalue weighted by molar-refractivity contribution is 8.24. The lowest BCUT2D eigenvalue weighted by Crippen LogP contribution is -2.26. The molecule has 2 rings (SSSR count). The van der Waals surface area contributed by atoms with Crippen molar-refractivity contribution in [2.24, 2.45) is 10.8 Å². The average molecular weight is 603 g/mol. The summed E-state index contributed by atoms with van der Waals surface area (Å²) < 4.78 is 23.7. The van der Waals surface area contributed by atoms with Crippen molar-refractivity contribution in [2.75, 3.05) is 26.4 Å². The predicted molar refractivity (Wildman–Crippen MR) is 162 cm³/mol. The molecule has 0 atom stereocenters. The third-order valence-corrected chi connectivity index (χ3v) is 9.65. The van der Waals surface area contributed by atoms with Crippen molar-refractivity contribution in [3.05, 3.63) is 33.0 Å². The molecule has 0 saturated heterocycles.